The maximum Gasteiger partial charge on any atom is 0.250 e. The molecule has 0 radical (unpaired) electrons. The molecule has 5 rings (SSSR count). The van der Waals surface area contributed by atoms with E-state index in [0.29, 0.717) is 11.8 Å². The molecular formula is C26H26N2O3S. The van der Waals surface area contributed by atoms with E-state index in [1.165, 1.54) is 11.3 Å². The van der Waals surface area contributed by atoms with Gasteiger partial charge < -0.3 is 9.30 Å². The van der Waals surface area contributed by atoms with E-state index in [1.54, 1.807) is 19.3 Å². The van der Waals surface area contributed by atoms with Crippen LogP contribution in [0.25, 0.3) is 6.08 Å². The van der Waals surface area contributed by atoms with Gasteiger partial charge in [0.25, 0.3) is 5.56 Å². The third-order valence-corrected chi connectivity index (χ3v) is 7.33. The van der Waals surface area contributed by atoms with Crippen molar-refractivity contribution < 1.29 is 9.53 Å². The van der Waals surface area contributed by atoms with Crippen molar-refractivity contribution in [2.75, 3.05) is 20.2 Å². The average Bonchev–Trinajstić information content (AvgIpc) is 3.33. The number of rotatable bonds is 6. The van der Waals surface area contributed by atoms with Crippen molar-refractivity contribution in [3.63, 3.8) is 0 Å². The first-order valence-corrected chi connectivity index (χ1v) is 11.8. The molecule has 2 aliphatic heterocycles. The molecule has 4 heterocycles. The van der Waals surface area contributed by atoms with Gasteiger partial charge in [-0.05, 0) is 53.6 Å². The summed E-state index contributed by atoms with van der Waals surface area (Å²) in [6.07, 6.45) is 4.65. The molecule has 1 fully saturated rings. The van der Waals surface area contributed by atoms with E-state index in [4.69, 9.17) is 4.74 Å². The smallest absolute Gasteiger partial charge is 0.250 e. The van der Waals surface area contributed by atoms with Gasteiger partial charge >= 0.3 is 0 Å². The molecule has 3 aromatic rings. The Hall–Kier alpha value is -2.96. The van der Waals surface area contributed by atoms with E-state index >= 15 is 0 Å². The summed E-state index contributed by atoms with van der Waals surface area (Å²) in [6, 6.07) is 15.4. The zero-order chi connectivity index (χ0) is 22.1. The molecule has 2 unspecified atom stereocenters. The zero-order valence-corrected chi connectivity index (χ0v) is 18.9. The Balaban J connectivity index is 1.34. The maximum atomic E-state index is 12.3. The van der Waals surface area contributed by atoms with Gasteiger partial charge in [0, 0.05) is 49.4 Å². The lowest BCUT2D eigenvalue weighted by atomic mass is 9.83. The van der Waals surface area contributed by atoms with Crippen molar-refractivity contribution in [2.24, 2.45) is 5.92 Å². The third kappa shape index (κ3) is 4.20. The predicted molar refractivity (Wildman–Crippen MR) is 128 cm³/mol. The summed E-state index contributed by atoms with van der Waals surface area (Å²) in [5, 5.41) is 1.91. The fourth-order valence-corrected chi connectivity index (χ4v) is 5.71. The number of hydrogen-bond donors (Lipinski definition) is 0. The summed E-state index contributed by atoms with van der Waals surface area (Å²) in [5.74, 6) is 1.75. The van der Waals surface area contributed by atoms with E-state index in [0.717, 1.165) is 60.0 Å². The summed E-state index contributed by atoms with van der Waals surface area (Å²) in [7, 11) is 1.70. The molecule has 2 aliphatic rings. The van der Waals surface area contributed by atoms with Crippen LogP contribution in [0.15, 0.2) is 64.8 Å². The van der Waals surface area contributed by atoms with Crippen molar-refractivity contribution >= 4 is 23.2 Å². The first-order chi connectivity index (χ1) is 15.6. The van der Waals surface area contributed by atoms with Gasteiger partial charge in [-0.15, -0.1) is 11.3 Å². The number of thiophene rings is 1. The molecule has 0 saturated carbocycles. The van der Waals surface area contributed by atoms with Crippen LogP contribution < -0.4 is 10.3 Å². The Morgan fingerprint density at radius 1 is 1.16 bits per heavy atom. The van der Waals surface area contributed by atoms with Crippen LogP contribution in [-0.2, 0) is 13.1 Å². The molecule has 1 aromatic carbocycles. The molecule has 0 N–H and O–H groups in total. The highest BCUT2D eigenvalue weighted by Crippen LogP contribution is 2.36. The van der Waals surface area contributed by atoms with Crippen molar-refractivity contribution in [1.29, 1.82) is 0 Å². The molecule has 32 heavy (non-hydrogen) atoms. The number of nitrogens with zero attached hydrogens (tertiary/aromatic N) is 2. The lowest BCUT2D eigenvalue weighted by Crippen LogP contribution is -2.46. The lowest BCUT2D eigenvalue weighted by molar-refractivity contribution is 0.105. The van der Waals surface area contributed by atoms with Crippen molar-refractivity contribution in [1.82, 2.24) is 9.47 Å². The second-order valence-corrected chi connectivity index (χ2v) is 9.59. The van der Waals surface area contributed by atoms with Gasteiger partial charge in [-0.25, -0.2) is 0 Å². The summed E-state index contributed by atoms with van der Waals surface area (Å²) in [6.45, 7) is 3.48. The Morgan fingerprint density at radius 2 is 2.06 bits per heavy atom. The second-order valence-electron chi connectivity index (χ2n) is 8.64. The molecule has 2 bridgehead atoms. The number of piperidine rings is 1. The van der Waals surface area contributed by atoms with Crippen molar-refractivity contribution in [2.45, 2.75) is 25.4 Å². The monoisotopic (exact) mass is 446 g/mol. The van der Waals surface area contributed by atoms with Gasteiger partial charge in [0.2, 0.25) is 0 Å². The fourth-order valence-electron chi connectivity index (χ4n) is 5.06. The number of ketones is 1. The number of methoxy groups -OCH3 is 1. The van der Waals surface area contributed by atoms with Crippen molar-refractivity contribution in [3.8, 4) is 5.75 Å². The van der Waals surface area contributed by atoms with Crippen LogP contribution >= 0.6 is 11.3 Å². The minimum Gasteiger partial charge on any atom is -0.496 e. The normalized spacial score (nSPS) is 20.3. The molecule has 5 nitrogen and oxygen atoms in total. The number of carbonyl (C=O) groups is 1. The number of hydrogen-bond acceptors (Lipinski definition) is 5. The zero-order valence-electron chi connectivity index (χ0n) is 18.1. The number of carbonyl (C=O) groups excluding carboxylic acids is 1. The number of ether oxygens (including phenoxy) is 1. The van der Waals surface area contributed by atoms with Crippen LogP contribution in [0, 0.1) is 5.92 Å². The minimum atomic E-state index is 0.0233. The summed E-state index contributed by atoms with van der Waals surface area (Å²) in [4.78, 5) is 27.8. The minimum absolute atomic E-state index is 0.0233. The van der Waals surface area contributed by atoms with Crippen molar-refractivity contribution in [3.05, 3.63) is 92.0 Å². The van der Waals surface area contributed by atoms with Gasteiger partial charge in [0.1, 0.15) is 5.75 Å². The first-order valence-electron chi connectivity index (χ1n) is 11.0. The van der Waals surface area contributed by atoms with Crippen LogP contribution in [0.3, 0.4) is 0 Å². The number of fused-ring (bicyclic) bond motifs is 4. The molecule has 1 saturated heterocycles. The molecule has 6 heteroatoms. The Bertz CT molecular complexity index is 1210. The summed E-state index contributed by atoms with van der Waals surface area (Å²) >= 11 is 1.45. The van der Waals surface area contributed by atoms with E-state index < -0.39 is 0 Å². The van der Waals surface area contributed by atoms with Crippen LogP contribution in [0.2, 0.25) is 0 Å². The second kappa shape index (κ2) is 8.88. The number of pyridine rings is 1. The van der Waals surface area contributed by atoms with Crippen LogP contribution in [0.1, 0.15) is 38.8 Å². The van der Waals surface area contributed by atoms with Gasteiger partial charge in [-0.2, -0.15) is 0 Å². The maximum absolute atomic E-state index is 12.3. The Kier molecular flexibility index (Phi) is 5.81. The largest absolute Gasteiger partial charge is 0.496 e. The molecule has 164 valence electrons. The highest BCUT2D eigenvalue weighted by Gasteiger charge is 2.34. The van der Waals surface area contributed by atoms with Gasteiger partial charge in [0.15, 0.2) is 5.78 Å². The van der Waals surface area contributed by atoms with Gasteiger partial charge in [-0.3, -0.25) is 14.5 Å². The summed E-state index contributed by atoms with van der Waals surface area (Å²) < 4.78 is 7.60. The predicted octanol–water partition coefficient (Wildman–Crippen LogP) is 4.43. The molecule has 0 spiro atoms. The average molecular weight is 447 g/mol. The van der Waals surface area contributed by atoms with Crippen LogP contribution in [0.4, 0.5) is 0 Å². The fraction of sp³-hybridized carbons (Fsp3) is 0.308. The summed E-state index contributed by atoms with van der Waals surface area (Å²) in [5.41, 5.74) is 3.38. The molecule has 0 aliphatic carbocycles. The quantitative estimate of drug-likeness (QED) is 0.415. The lowest BCUT2D eigenvalue weighted by Gasteiger charge is -2.43. The van der Waals surface area contributed by atoms with E-state index in [1.807, 2.05) is 46.4 Å². The highest BCUT2D eigenvalue weighted by atomic mass is 32.1. The molecule has 2 aromatic heterocycles. The van der Waals surface area contributed by atoms with Crippen LogP contribution in [-0.4, -0.2) is 35.4 Å². The first kappa shape index (κ1) is 20.9. The number of likely N-dealkylation sites (tertiary alicyclic amines) is 1. The van der Waals surface area contributed by atoms with E-state index in [2.05, 4.69) is 17.0 Å². The molecule has 0 amide bonds. The number of allylic oxidation sites excluding steroid dienone is 1. The van der Waals surface area contributed by atoms with E-state index in [-0.39, 0.29) is 11.3 Å². The molecular weight excluding hydrogens is 420 g/mol. The van der Waals surface area contributed by atoms with Gasteiger partial charge in [-0.1, -0.05) is 24.3 Å². The molecule has 2 atom stereocenters. The SMILES string of the molecule is COc1ccc(C=CC(=O)c2cccs2)cc1CN1CC2CC(C1)c1cccc(=O)n1C2. The van der Waals surface area contributed by atoms with E-state index in [9.17, 15) is 9.59 Å². The van der Waals surface area contributed by atoms with Gasteiger partial charge in [0.05, 0.1) is 12.0 Å². The number of aromatic nitrogens is 1. The van der Waals surface area contributed by atoms with Crippen LogP contribution in [0.5, 0.6) is 5.75 Å². The third-order valence-electron chi connectivity index (χ3n) is 6.44. The Labute approximate surface area is 191 Å². The number of benzene rings is 1. The topological polar surface area (TPSA) is 51.5 Å². The highest BCUT2D eigenvalue weighted by molar-refractivity contribution is 7.12. The standard InChI is InChI=1S/C26H26N2O3S/c1-31-24-10-8-18(7-9-23(29)25-5-3-11-32-25)12-21(24)17-27-14-19-13-20(16-27)22-4-2-6-26(30)28(22)15-19/h2-12,19-20H,13-17H2,1H3. The Morgan fingerprint density at radius 3 is 2.88 bits per heavy atom.